The van der Waals surface area contributed by atoms with Gasteiger partial charge in [-0.3, -0.25) is 10.6 Å². The molecule has 2 fully saturated rings. The van der Waals surface area contributed by atoms with Crippen molar-refractivity contribution in [1.82, 2.24) is 10.6 Å². The van der Waals surface area contributed by atoms with Gasteiger partial charge in [-0.2, -0.15) is 0 Å². The van der Waals surface area contributed by atoms with Crippen molar-refractivity contribution in [1.29, 1.82) is 0 Å². The fraction of sp³-hybridized carbons (Fsp3) is 1.00. The van der Waals surface area contributed by atoms with Gasteiger partial charge in [0.05, 0.1) is 48.3 Å². The van der Waals surface area contributed by atoms with Crippen molar-refractivity contribution in [3.63, 3.8) is 0 Å². The molecule has 0 bridgehead atoms. The first-order valence-electron chi connectivity index (χ1n) is 9.18. The summed E-state index contributed by atoms with van der Waals surface area (Å²) in [6.45, 7) is 19.5. The second-order valence-electron chi connectivity index (χ2n) is 11.0. The van der Waals surface area contributed by atoms with E-state index in [1.54, 1.807) is 0 Å². The number of hydrogen-bond acceptors (Lipinski definition) is 4. The smallest absolute Gasteiger partial charge is 0.129 e. The average Bonchev–Trinajstić information content (AvgIpc) is 2.15. The summed E-state index contributed by atoms with van der Waals surface area (Å²) in [4.78, 5) is 0. The highest BCUT2D eigenvalue weighted by Crippen LogP contribution is 2.30. The minimum Gasteiger partial charge on any atom is -0.633 e. The van der Waals surface area contributed by atoms with Gasteiger partial charge in [0.25, 0.3) is 0 Å². The van der Waals surface area contributed by atoms with Crippen LogP contribution in [-0.2, 0) is 0 Å². The van der Waals surface area contributed by atoms with Crippen LogP contribution in [0.1, 0.15) is 55.4 Å². The number of nitrogens with zero attached hydrogens (tertiary/aromatic N) is 2. The van der Waals surface area contributed by atoms with Gasteiger partial charge in [0, 0.05) is 0 Å². The van der Waals surface area contributed by atoms with Gasteiger partial charge in [-0.25, -0.2) is 0 Å². The Labute approximate surface area is 147 Å². The molecule has 0 aromatic carbocycles. The predicted molar refractivity (Wildman–Crippen MR) is 99.0 cm³/mol. The summed E-state index contributed by atoms with van der Waals surface area (Å²) in [5.41, 5.74) is -0.836. The molecule has 2 aliphatic heterocycles. The van der Waals surface area contributed by atoms with Crippen molar-refractivity contribution < 1.29 is 9.29 Å². The van der Waals surface area contributed by atoms with E-state index in [1.165, 1.54) is 0 Å². The first-order chi connectivity index (χ1) is 10.4. The van der Waals surface area contributed by atoms with Gasteiger partial charge in [-0.15, -0.1) is 0 Å². The third-order valence-corrected chi connectivity index (χ3v) is 5.00. The monoisotopic (exact) mass is 342 g/mol. The third kappa shape index (κ3) is 5.13. The maximum atomic E-state index is 13.4. The van der Waals surface area contributed by atoms with E-state index in [2.05, 4.69) is 66.0 Å². The number of nitrogens with one attached hydrogen (secondary N) is 2. The second kappa shape index (κ2) is 5.63. The zero-order valence-electron chi connectivity index (χ0n) is 17.0. The van der Waals surface area contributed by atoms with Gasteiger partial charge in [-0.1, -0.05) is 0 Å². The topological polar surface area (TPSA) is 70.2 Å². The van der Waals surface area contributed by atoms with Crippen LogP contribution in [0.25, 0.3) is 0 Å². The molecule has 0 aliphatic carbocycles. The van der Waals surface area contributed by atoms with E-state index in [0.29, 0.717) is 39.3 Å². The van der Waals surface area contributed by atoms with E-state index >= 15 is 0 Å². The van der Waals surface area contributed by atoms with Gasteiger partial charge in [0.15, 0.2) is 0 Å². The van der Waals surface area contributed by atoms with E-state index in [9.17, 15) is 10.4 Å². The lowest BCUT2D eigenvalue weighted by molar-refractivity contribution is -0.948. The number of rotatable bonds is 3. The molecule has 0 aromatic rings. The highest BCUT2D eigenvalue weighted by atomic mass is 16.6. The summed E-state index contributed by atoms with van der Waals surface area (Å²) in [5, 5.41) is 33.9. The Morgan fingerprint density at radius 1 is 0.583 bits per heavy atom. The lowest BCUT2D eigenvalue weighted by atomic mass is 9.90. The van der Waals surface area contributed by atoms with Crippen LogP contribution in [0.5, 0.6) is 0 Å². The van der Waals surface area contributed by atoms with Crippen molar-refractivity contribution in [3.05, 3.63) is 10.4 Å². The van der Waals surface area contributed by atoms with Crippen LogP contribution >= 0.6 is 0 Å². The molecule has 0 spiro atoms. The average molecular weight is 343 g/mol. The fourth-order valence-electron chi connectivity index (χ4n) is 5.66. The van der Waals surface area contributed by atoms with Crippen molar-refractivity contribution in [2.45, 2.75) is 77.5 Å². The summed E-state index contributed by atoms with van der Waals surface area (Å²) in [6.07, 6.45) is 0. The van der Waals surface area contributed by atoms with Crippen molar-refractivity contribution in [3.8, 4) is 0 Å². The molecule has 2 N–H and O–H groups in total. The SMILES string of the molecule is CC1(C)C[N+]([O-])(CC[N+]2([O-])CC(C)(C)NC(C)(C)C2)CC(C)(C)N1. The number of hydroxylamine groups is 6. The van der Waals surface area contributed by atoms with E-state index in [0.717, 1.165) is 0 Å². The molecule has 24 heavy (non-hydrogen) atoms. The number of piperazine rings is 2. The molecular formula is C18H38N4O2. The van der Waals surface area contributed by atoms with Gasteiger partial charge in [-0.05, 0) is 55.4 Å². The van der Waals surface area contributed by atoms with E-state index in [1.807, 2.05) is 0 Å². The Kier molecular flexibility index (Phi) is 4.71. The number of hydrogen-bond donors (Lipinski definition) is 2. The van der Waals surface area contributed by atoms with E-state index < -0.39 is 0 Å². The van der Waals surface area contributed by atoms with Gasteiger partial charge in [0.1, 0.15) is 13.1 Å². The lowest BCUT2D eigenvalue weighted by Crippen LogP contribution is -2.75. The summed E-state index contributed by atoms with van der Waals surface area (Å²) < 4.78 is -0.549. The van der Waals surface area contributed by atoms with Gasteiger partial charge < -0.3 is 19.7 Å². The van der Waals surface area contributed by atoms with Gasteiger partial charge >= 0.3 is 0 Å². The minimum absolute atomic E-state index is 0.209. The lowest BCUT2D eigenvalue weighted by Gasteiger charge is -2.60. The van der Waals surface area contributed by atoms with Crippen LogP contribution in [0.15, 0.2) is 0 Å². The standard InChI is InChI=1S/C18H38N4O2/c1-15(2)11-21(23,12-16(3,4)19-15)9-10-22(24)13-17(5,6)20-18(7,8)14-22/h19-20H,9-14H2,1-8H3. The van der Waals surface area contributed by atoms with Crippen LogP contribution in [0, 0.1) is 10.4 Å². The maximum absolute atomic E-state index is 13.4. The van der Waals surface area contributed by atoms with Crippen LogP contribution in [-0.4, -0.2) is 70.7 Å². The van der Waals surface area contributed by atoms with Crippen LogP contribution in [0.4, 0.5) is 0 Å². The summed E-state index contributed by atoms with van der Waals surface area (Å²) in [5.74, 6) is 0. The van der Waals surface area contributed by atoms with Crippen molar-refractivity contribution in [2.75, 3.05) is 39.3 Å². The van der Waals surface area contributed by atoms with Crippen LogP contribution in [0.2, 0.25) is 0 Å². The molecule has 0 radical (unpaired) electrons. The predicted octanol–water partition coefficient (Wildman–Crippen LogP) is 1.94. The molecule has 0 atom stereocenters. The fourth-order valence-corrected chi connectivity index (χ4v) is 5.66. The molecule has 0 aromatic heterocycles. The van der Waals surface area contributed by atoms with Gasteiger partial charge in [0.2, 0.25) is 0 Å². The Morgan fingerprint density at radius 3 is 1.00 bits per heavy atom. The summed E-state index contributed by atoms with van der Waals surface area (Å²) in [6, 6.07) is 0. The van der Waals surface area contributed by atoms with Crippen molar-refractivity contribution in [2.24, 2.45) is 0 Å². The van der Waals surface area contributed by atoms with Crippen LogP contribution in [0.3, 0.4) is 0 Å². The highest BCUT2D eigenvalue weighted by molar-refractivity contribution is 4.95. The molecule has 142 valence electrons. The molecule has 2 rings (SSSR count). The zero-order chi connectivity index (χ0) is 18.7. The zero-order valence-corrected chi connectivity index (χ0v) is 17.0. The first-order valence-corrected chi connectivity index (χ1v) is 9.18. The second-order valence-corrected chi connectivity index (χ2v) is 11.0. The summed E-state index contributed by atoms with van der Waals surface area (Å²) in [7, 11) is 0. The molecular weight excluding hydrogens is 304 g/mol. The molecule has 0 saturated carbocycles. The third-order valence-electron chi connectivity index (χ3n) is 5.00. The molecule has 0 amide bonds. The van der Waals surface area contributed by atoms with E-state index in [4.69, 9.17) is 0 Å². The summed E-state index contributed by atoms with van der Waals surface area (Å²) >= 11 is 0. The molecule has 2 aliphatic rings. The Morgan fingerprint density at radius 2 is 0.792 bits per heavy atom. The normalized spacial score (nSPS) is 32.2. The van der Waals surface area contributed by atoms with E-state index in [-0.39, 0.29) is 31.4 Å². The molecule has 6 nitrogen and oxygen atoms in total. The molecule has 0 unspecified atom stereocenters. The Balaban J connectivity index is 2.11. The van der Waals surface area contributed by atoms with Crippen molar-refractivity contribution >= 4 is 0 Å². The molecule has 6 heteroatoms. The first kappa shape index (κ1) is 20.1. The minimum atomic E-state index is -0.274. The number of quaternary nitrogens is 2. The largest absolute Gasteiger partial charge is 0.633 e. The molecule has 2 saturated heterocycles. The molecule has 2 heterocycles. The quantitative estimate of drug-likeness (QED) is 0.607. The highest BCUT2D eigenvalue weighted by Gasteiger charge is 2.46. The Hall–Kier alpha value is -0.240. The van der Waals surface area contributed by atoms with Crippen LogP contribution < -0.4 is 10.6 Å². The maximum Gasteiger partial charge on any atom is 0.129 e. The Bertz CT molecular complexity index is 409.